The molecule has 43 heavy (non-hydrogen) atoms. The second-order valence-corrected chi connectivity index (χ2v) is 12.0. The average Bonchev–Trinajstić information content (AvgIpc) is 3.59. The number of benzene rings is 2. The lowest BCUT2D eigenvalue weighted by atomic mass is 9.94. The second kappa shape index (κ2) is 11.3. The topological polar surface area (TPSA) is 66.4 Å². The highest BCUT2D eigenvalue weighted by atomic mass is 19.1. The van der Waals surface area contributed by atoms with Crippen LogP contribution in [0.5, 0.6) is 6.01 Å². The molecular weight excluding hydrogens is 546 g/mol. The van der Waals surface area contributed by atoms with Crippen molar-refractivity contribution >= 4 is 27.5 Å². The molecule has 222 valence electrons. The second-order valence-electron chi connectivity index (χ2n) is 12.0. The van der Waals surface area contributed by atoms with Gasteiger partial charge in [-0.3, -0.25) is 0 Å². The van der Waals surface area contributed by atoms with Crippen LogP contribution in [0, 0.1) is 23.5 Å². The highest BCUT2D eigenvalue weighted by molar-refractivity contribution is 6.02. The van der Waals surface area contributed by atoms with Gasteiger partial charge >= 0.3 is 6.01 Å². The molecule has 4 aromatic rings. The maximum Gasteiger partial charge on any atom is 0.319 e. The van der Waals surface area contributed by atoms with Crippen LogP contribution < -0.4 is 15.0 Å². The maximum atomic E-state index is 16.9. The third-order valence-electron chi connectivity index (χ3n) is 9.29. The Labute approximate surface area is 250 Å². The molecule has 3 atom stereocenters. The number of likely N-dealkylation sites (tertiary alicyclic amines) is 1. The van der Waals surface area contributed by atoms with Gasteiger partial charge in [-0.05, 0) is 80.9 Å². The van der Waals surface area contributed by atoms with Gasteiger partial charge in [-0.15, -0.1) is 0 Å². The van der Waals surface area contributed by atoms with Gasteiger partial charge < -0.3 is 19.9 Å². The smallest absolute Gasteiger partial charge is 0.319 e. The number of rotatable bonds is 6. The van der Waals surface area contributed by atoms with Gasteiger partial charge in [0.05, 0.1) is 5.39 Å². The summed E-state index contributed by atoms with van der Waals surface area (Å²) in [5.41, 5.74) is 1.68. The molecule has 9 heteroatoms. The zero-order chi connectivity index (χ0) is 29.7. The van der Waals surface area contributed by atoms with Crippen molar-refractivity contribution < 1.29 is 13.5 Å². The molecule has 5 heterocycles. The molecule has 2 aromatic carbocycles. The van der Waals surface area contributed by atoms with Gasteiger partial charge in [0.2, 0.25) is 0 Å². The van der Waals surface area contributed by atoms with E-state index in [9.17, 15) is 0 Å². The van der Waals surface area contributed by atoms with Crippen LogP contribution in [0.4, 0.5) is 14.6 Å². The van der Waals surface area contributed by atoms with Gasteiger partial charge in [0.25, 0.3) is 0 Å². The highest BCUT2D eigenvalue weighted by Gasteiger charge is 2.35. The zero-order valence-electron chi connectivity index (χ0n) is 24.9. The monoisotopic (exact) mass is 582 g/mol. The van der Waals surface area contributed by atoms with Crippen LogP contribution in [-0.2, 0) is 6.42 Å². The first-order chi connectivity index (χ1) is 20.9. The standard InChI is InChI=1S/C34H36F2N6O/c1-4-8-27-29-32(30(36)31(38-27)25-11-6-9-20-12-15-26(35)24(5-2)28(20)25)39-34(43-19-23-10-7-16-41(23)3)40-33(29)42-17-21-13-14-22(18-42)37-21/h6,9,11-12,15,21-23,37H,5,7,10,13-14,16-19H2,1-3H3/t21-,22+,23-/m0/s1. The van der Waals surface area contributed by atoms with Crippen molar-refractivity contribution in [3.8, 4) is 29.1 Å². The van der Waals surface area contributed by atoms with Gasteiger partial charge in [0.15, 0.2) is 5.82 Å². The zero-order valence-corrected chi connectivity index (χ0v) is 24.9. The number of fused-ring (bicyclic) bond motifs is 4. The quantitative estimate of drug-likeness (QED) is 0.303. The van der Waals surface area contributed by atoms with Gasteiger partial charge in [0.1, 0.15) is 35.1 Å². The van der Waals surface area contributed by atoms with Gasteiger partial charge in [-0.2, -0.15) is 9.97 Å². The molecule has 3 aliphatic rings. The van der Waals surface area contributed by atoms with E-state index in [-0.39, 0.29) is 29.1 Å². The van der Waals surface area contributed by atoms with E-state index >= 15 is 8.78 Å². The fourth-order valence-electron chi connectivity index (χ4n) is 7.12. The van der Waals surface area contributed by atoms with E-state index in [1.165, 1.54) is 6.07 Å². The molecule has 0 amide bonds. The lowest BCUT2D eigenvalue weighted by Crippen LogP contribution is -2.51. The van der Waals surface area contributed by atoms with E-state index in [4.69, 9.17) is 14.7 Å². The number of hydrogen-bond donors (Lipinski definition) is 1. The molecule has 7 rings (SSSR count). The third kappa shape index (κ3) is 4.96. The van der Waals surface area contributed by atoms with Gasteiger partial charge in [0, 0.05) is 36.8 Å². The number of hydrogen-bond acceptors (Lipinski definition) is 7. The van der Waals surface area contributed by atoms with Crippen LogP contribution in [0.25, 0.3) is 32.9 Å². The van der Waals surface area contributed by atoms with Crippen LogP contribution >= 0.6 is 0 Å². The van der Waals surface area contributed by atoms with Crippen molar-refractivity contribution in [2.24, 2.45) is 0 Å². The Bertz CT molecular complexity index is 1770. The number of aromatic nitrogens is 3. The molecular formula is C34H36F2N6O. The first-order valence-electron chi connectivity index (χ1n) is 15.3. The Morgan fingerprint density at radius 2 is 1.84 bits per heavy atom. The number of halogens is 2. The predicted molar refractivity (Wildman–Crippen MR) is 165 cm³/mol. The van der Waals surface area contributed by atoms with E-state index in [1.807, 2.05) is 19.1 Å². The summed E-state index contributed by atoms with van der Waals surface area (Å²) in [4.78, 5) is 18.9. The Hall–Kier alpha value is -3.87. The van der Waals surface area contributed by atoms with Crippen LogP contribution in [0.2, 0.25) is 0 Å². The molecule has 2 aromatic heterocycles. The lowest BCUT2D eigenvalue weighted by molar-refractivity contribution is 0.188. The van der Waals surface area contributed by atoms with Gasteiger partial charge in [-0.25, -0.2) is 13.8 Å². The number of aryl methyl sites for hydroxylation is 1. The van der Waals surface area contributed by atoms with Crippen molar-refractivity contribution in [2.45, 2.75) is 64.1 Å². The summed E-state index contributed by atoms with van der Waals surface area (Å²) in [6.07, 6.45) is 4.80. The number of likely N-dealkylation sites (N-methyl/N-ethyl adjacent to an activating group) is 1. The third-order valence-corrected chi connectivity index (χ3v) is 9.29. The van der Waals surface area contributed by atoms with E-state index in [1.54, 1.807) is 19.1 Å². The number of nitrogens with zero attached hydrogens (tertiary/aromatic N) is 5. The molecule has 3 aliphatic heterocycles. The maximum absolute atomic E-state index is 16.9. The van der Waals surface area contributed by atoms with E-state index in [0.717, 1.165) is 50.7 Å². The highest BCUT2D eigenvalue weighted by Crippen LogP contribution is 2.39. The summed E-state index contributed by atoms with van der Waals surface area (Å²) in [5, 5.41) is 5.63. The lowest BCUT2D eigenvalue weighted by Gasteiger charge is -2.34. The van der Waals surface area contributed by atoms with Gasteiger partial charge in [-0.1, -0.05) is 37.1 Å². The Morgan fingerprint density at radius 3 is 2.56 bits per heavy atom. The summed E-state index contributed by atoms with van der Waals surface area (Å²) in [5.74, 6) is 5.79. The molecule has 0 saturated carbocycles. The normalized spacial score (nSPS) is 21.9. The first kappa shape index (κ1) is 27.9. The van der Waals surface area contributed by atoms with E-state index in [0.29, 0.717) is 58.5 Å². The molecule has 3 saturated heterocycles. The number of ether oxygens (including phenoxy) is 1. The first-order valence-corrected chi connectivity index (χ1v) is 15.3. The summed E-state index contributed by atoms with van der Waals surface area (Å²) >= 11 is 0. The van der Waals surface area contributed by atoms with Crippen molar-refractivity contribution in [1.29, 1.82) is 0 Å². The number of piperazine rings is 1. The Balaban J connectivity index is 1.45. The van der Waals surface area contributed by atoms with Crippen LogP contribution in [0.1, 0.15) is 50.8 Å². The van der Waals surface area contributed by atoms with Crippen LogP contribution in [0.15, 0.2) is 30.3 Å². The minimum atomic E-state index is -0.583. The van der Waals surface area contributed by atoms with E-state index in [2.05, 4.69) is 39.0 Å². The molecule has 1 N–H and O–H groups in total. The molecule has 0 spiro atoms. The molecule has 0 unspecified atom stereocenters. The Morgan fingerprint density at radius 1 is 1.02 bits per heavy atom. The number of anilines is 1. The van der Waals surface area contributed by atoms with Crippen molar-refractivity contribution in [3.05, 3.63) is 53.2 Å². The Kier molecular flexibility index (Phi) is 7.36. The van der Waals surface area contributed by atoms with Crippen LogP contribution in [0.3, 0.4) is 0 Å². The van der Waals surface area contributed by atoms with E-state index < -0.39 is 5.82 Å². The summed E-state index contributed by atoms with van der Waals surface area (Å²) in [6, 6.07) is 9.85. The fraction of sp³-hybridized carbons (Fsp3) is 0.441. The summed E-state index contributed by atoms with van der Waals surface area (Å²) in [7, 11) is 2.09. The predicted octanol–water partition coefficient (Wildman–Crippen LogP) is 5.47. The summed E-state index contributed by atoms with van der Waals surface area (Å²) < 4.78 is 38.2. The minimum Gasteiger partial charge on any atom is -0.462 e. The largest absolute Gasteiger partial charge is 0.462 e. The summed E-state index contributed by atoms with van der Waals surface area (Å²) in [6.45, 7) is 6.59. The van der Waals surface area contributed by atoms with Crippen molar-refractivity contribution in [2.75, 3.05) is 38.2 Å². The van der Waals surface area contributed by atoms with Crippen LogP contribution in [-0.4, -0.2) is 71.3 Å². The molecule has 0 aliphatic carbocycles. The number of pyridine rings is 1. The molecule has 3 fully saturated rings. The molecule has 0 radical (unpaired) electrons. The average molecular weight is 583 g/mol. The van der Waals surface area contributed by atoms with Crippen molar-refractivity contribution in [3.63, 3.8) is 0 Å². The SMILES string of the molecule is CC#Cc1nc(-c2cccc3ccc(F)c(CC)c23)c(F)c2nc(OC[C@@H]3CCCN3C)nc(N3C[C@H]4CC[C@@H](C3)N4)c12. The molecule has 7 nitrogen and oxygen atoms in total. The minimum absolute atomic E-state index is 0.0997. The molecule has 2 bridgehead atoms. The van der Waals surface area contributed by atoms with Crippen molar-refractivity contribution in [1.82, 2.24) is 25.2 Å². The fourth-order valence-corrected chi connectivity index (χ4v) is 7.12. The number of nitrogens with one attached hydrogen (secondary N) is 1.